The summed E-state index contributed by atoms with van der Waals surface area (Å²) >= 11 is 0. The van der Waals surface area contributed by atoms with Gasteiger partial charge >= 0.3 is 0 Å². The van der Waals surface area contributed by atoms with Crippen molar-refractivity contribution in [3.63, 3.8) is 0 Å². The van der Waals surface area contributed by atoms with Gasteiger partial charge in [-0.1, -0.05) is 0 Å². The van der Waals surface area contributed by atoms with Crippen molar-refractivity contribution in [2.75, 3.05) is 6.54 Å². The SMILES string of the molecule is Cn1cc(-c2nc3c(c(C4CC4)n2)CNCC3)cn1. The third-order valence-corrected chi connectivity index (χ3v) is 3.89. The molecule has 3 heterocycles. The summed E-state index contributed by atoms with van der Waals surface area (Å²) in [5, 5.41) is 7.65. The number of aryl methyl sites for hydroxylation is 1. The Bertz CT molecular complexity index is 627. The highest BCUT2D eigenvalue weighted by atomic mass is 15.2. The van der Waals surface area contributed by atoms with Crippen LogP contribution in [0.5, 0.6) is 0 Å². The molecule has 1 aliphatic carbocycles. The van der Waals surface area contributed by atoms with Crippen LogP contribution in [0.3, 0.4) is 0 Å². The molecular weight excluding hydrogens is 238 g/mol. The summed E-state index contributed by atoms with van der Waals surface area (Å²) in [4.78, 5) is 9.59. The molecule has 98 valence electrons. The van der Waals surface area contributed by atoms with E-state index >= 15 is 0 Å². The molecule has 0 saturated heterocycles. The fourth-order valence-corrected chi connectivity index (χ4v) is 2.73. The Labute approximate surface area is 112 Å². The standard InChI is InChI=1S/C14H17N5/c1-19-8-10(6-16-19)14-17-12-4-5-15-7-11(12)13(18-14)9-2-3-9/h6,8-9,15H,2-5,7H2,1H3. The Hall–Kier alpha value is -1.75. The average molecular weight is 255 g/mol. The molecule has 2 aromatic rings. The first-order chi connectivity index (χ1) is 9.31. The monoisotopic (exact) mass is 255 g/mol. The lowest BCUT2D eigenvalue weighted by molar-refractivity contribution is 0.617. The van der Waals surface area contributed by atoms with E-state index in [0.717, 1.165) is 30.9 Å². The van der Waals surface area contributed by atoms with Crippen molar-refractivity contribution in [3.05, 3.63) is 29.3 Å². The molecule has 4 rings (SSSR count). The maximum Gasteiger partial charge on any atom is 0.162 e. The van der Waals surface area contributed by atoms with Crippen molar-refractivity contribution in [2.45, 2.75) is 31.7 Å². The van der Waals surface area contributed by atoms with Crippen LogP contribution in [0.1, 0.15) is 35.7 Å². The van der Waals surface area contributed by atoms with E-state index in [2.05, 4.69) is 10.4 Å². The maximum atomic E-state index is 4.83. The van der Waals surface area contributed by atoms with Crippen LogP contribution in [0.15, 0.2) is 12.4 Å². The summed E-state index contributed by atoms with van der Waals surface area (Å²) in [5.74, 6) is 1.50. The molecule has 19 heavy (non-hydrogen) atoms. The zero-order chi connectivity index (χ0) is 12.8. The number of nitrogens with zero attached hydrogens (tertiary/aromatic N) is 4. The van der Waals surface area contributed by atoms with E-state index < -0.39 is 0 Å². The molecule has 2 aliphatic rings. The van der Waals surface area contributed by atoms with Crippen LogP contribution < -0.4 is 5.32 Å². The first-order valence-corrected chi connectivity index (χ1v) is 6.90. The number of fused-ring (bicyclic) bond motifs is 1. The first kappa shape index (κ1) is 11.1. The van der Waals surface area contributed by atoms with E-state index in [1.54, 1.807) is 4.68 Å². The fraction of sp³-hybridized carbons (Fsp3) is 0.500. The van der Waals surface area contributed by atoms with Gasteiger partial charge in [-0.05, 0) is 12.8 Å². The Kier molecular flexibility index (Phi) is 2.41. The van der Waals surface area contributed by atoms with Gasteiger partial charge in [0.1, 0.15) is 0 Å². The van der Waals surface area contributed by atoms with E-state index in [1.165, 1.54) is 29.8 Å². The van der Waals surface area contributed by atoms with E-state index in [4.69, 9.17) is 9.97 Å². The maximum absolute atomic E-state index is 4.83. The molecule has 0 radical (unpaired) electrons. The molecule has 0 unspecified atom stereocenters. The molecule has 0 bridgehead atoms. The molecule has 1 saturated carbocycles. The van der Waals surface area contributed by atoms with Crippen molar-refractivity contribution in [1.29, 1.82) is 0 Å². The Balaban J connectivity index is 1.85. The van der Waals surface area contributed by atoms with Crippen LogP contribution in [0.25, 0.3) is 11.4 Å². The summed E-state index contributed by atoms with van der Waals surface area (Å²) in [6.07, 6.45) is 7.38. The van der Waals surface area contributed by atoms with Crippen LogP contribution in [0, 0.1) is 0 Å². The van der Waals surface area contributed by atoms with Gasteiger partial charge in [-0.2, -0.15) is 5.10 Å². The number of rotatable bonds is 2. The van der Waals surface area contributed by atoms with Crippen LogP contribution in [-0.2, 0) is 20.0 Å². The molecule has 5 heteroatoms. The molecule has 0 atom stereocenters. The molecule has 1 N–H and O–H groups in total. The lowest BCUT2D eigenvalue weighted by Gasteiger charge is -2.19. The number of hydrogen-bond donors (Lipinski definition) is 1. The molecular formula is C14H17N5. The summed E-state index contributed by atoms with van der Waals surface area (Å²) < 4.78 is 1.80. The molecule has 5 nitrogen and oxygen atoms in total. The number of nitrogens with one attached hydrogen (secondary N) is 1. The second kappa shape index (κ2) is 4.13. The minimum Gasteiger partial charge on any atom is -0.312 e. The number of hydrogen-bond acceptors (Lipinski definition) is 4. The van der Waals surface area contributed by atoms with Gasteiger partial charge in [0, 0.05) is 44.2 Å². The highest BCUT2D eigenvalue weighted by Crippen LogP contribution is 2.42. The van der Waals surface area contributed by atoms with Gasteiger partial charge in [0.05, 0.1) is 23.1 Å². The van der Waals surface area contributed by atoms with Crippen LogP contribution >= 0.6 is 0 Å². The minimum absolute atomic E-state index is 0.659. The van der Waals surface area contributed by atoms with Gasteiger partial charge in [0.2, 0.25) is 0 Å². The topological polar surface area (TPSA) is 55.6 Å². The van der Waals surface area contributed by atoms with Gasteiger partial charge < -0.3 is 5.32 Å². The second-order valence-corrected chi connectivity index (χ2v) is 5.46. The van der Waals surface area contributed by atoms with E-state index in [9.17, 15) is 0 Å². The molecule has 0 aromatic carbocycles. The summed E-state index contributed by atoms with van der Waals surface area (Å²) in [6, 6.07) is 0. The molecule has 2 aromatic heterocycles. The van der Waals surface area contributed by atoms with E-state index in [-0.39, 0.29) is 0 Å². The lowest BCUT2D eigenvalue weighted by atomic mass is 10.0. The Morgan fingerprint density at radius 3 is 2.95 bits per heavy atom. The predicted octanol–water partition coefficient (Wildman–Crippen LogP) is 1.40. The zero-order valence-electron chi connectivity index (χ0n) is 11.1. The van der Waals surface area contributed by atoms with Crippen molar-refractivity contribution in [2.24, 2.45) is 7.05 Å². The van der Waals surface area contributed by atoms with Crippen molar-refractivity contribution in [3.8, 4) is 11.4 Å². The predicted molar refractivity (Wildman–Crippen MR) is 71.6 cm³/mol. The summed E-state index contributed by atoms with van der Waals surface area (Å²) in [7, 11) is 1.92. The van der Waals surface area contributed by atoms with Crippen molar-refractivity contribution >= 4 is 0 Å². The van der Waals surface area contributed by atoms with Gasteiger partial charge in [0.25, 0.3) is 0 Å². The molecule has 1 aliphatic heterocycles. The quantitative estimate of drug-likeness (QED) is 0.881. The lowest BCUT2D eigenvalue weighted by Crippen LogP contribution is -2.26. The average Bonchev–Trinajstić information content (AvgIpc) is 3.19. The largest absolute Gasteiger partial charge is 0.312 e. The zero-order valence-corrected chi connectivity index (χ0v) is 11.1. The highest BCUT2D eigenvalue weighted by Gasteiger charge is 2.30. The third-order valence-electron chi connectivity index (χ3n) is 3.89. The van der Waals surface area contributed by atoms with Crippen molar-refractivity contribution < 1.29 is 0 Å². The van der Waals surface area contributed by atoms with E-state index in [1.807, 2.05) is 19.4 Å². The minimum atomic E-state index is 0.659. The normalized spacial score (nSPS) is 18.4. The first-order valence-electron chi connectivity index (χ1n) is 6.90. The Morgan fingerprint density at radius 1 is 1.32 bits per heavy atom. The highest BCUT2D eigenvalue weighted by molar-refractivity contribution is 5.54. The smallest absolute Gasteiger partial charge is 0.162 e. The second-order valence-electron chi connectivity index (χ2n) is 5.46. The van der Waals surface area contributed by atoms with Crippen molar-refractivity contribution in [1.82, 2.24) is 25.1 Å². The molecule has 0 amide bonds. The van der Waals surface area contributed by atoms with Gasteiger partial charge in [0.15, 0.2) is 5.82 Å². The molecule has 1 fully saturated rings. The third kappa shape index (κ3) is 1.94. The van der Waals surface area contributed by atoms with Crippen LogP contribution in [-0.4, -0.2) is 26.3 Å². The Morgan fingerprint density at radius 2 is 2.21 bits per heavy atom. The fourth-order valence-electron chi connectivity index (χ4n) is 2.73. The van der Waals surface area contributed by atoms with Gasteiger partial charge in [-0.3, -0.25) is 4.68 Å². The number of aromatic nitrogens is 4. The summed E-state index contributed by atoms with van der Waals surface area (Å²) in [5.41, 5.74) is 4.87. The van der Waals surface area contributed by atoms with Crippen LogP contribution in [0.4, 0.5) is 0 Å². The van der Waals surface area contributed by atoms with E-state index in [0.29, 0.717) is 5.92 Å². The summed E-state index contributed by atoms with van der Waals surface area (Å²) in [6.45, 7) is 1.94. The molecule has 0 spiro atoms. The van der Waals surface area contributed by atoms with Gasteiger partial charge in [-0.15, -0.1) is 0 Å². The van der Waals surface area contributed by atoms with Crippen LogP contribution in [0.2, 0.25) is 0 Å². The van der Waals surface area contributed by atoms with Gasteiger partial charge in [-0.25, -0.2) is 9.97 Å².